The van der Waals surface area contributed by atoms with E-state index in [0.29, 0.717) is 27.4 Å². The fraction of sp³-hybridized carbons (Fsp3) is 0.273. The van der Waals surface area contributed by atoms with Crippen molar-refractivity contribution < 1.29 is 0 Å². The van der Waals surface area contributed by atoms with E-state index >= 15 is 0 Å². The van der Waals surface area contributed by atoms with Gasteiger partial charge >= 0.3 is 0 Å². The minimum Gasteiger partial charge on any atom is -0.331 e. The first kappa shape index (κ1) is 24.9. The summed E-state index contributed by atoms with van der Waals surface area (Å²) in [7, 11) is 0. The zero-order chi connectivity index (χ0) is 22.5. The normalized spacial score (nSPS) is 9.40. The van der Waals surface area contributed by atoms with Crippen LogP contribution >= 0.6 is 11.3 Å². The molecule has 0 amide bonds. The molecule has 4 rings (SSSR count). The average Bonchev–Trinajstić information content (AvgIpc) is 3.22. The van der Waals surface area contributed by atoms with Gasteiger partial charge < -0.3 is 15.7 Å². The largest absolute Gasteiger partial charge is 0.331 e. The Labute approximate surface area is 180 Å². The Morgan fingerprint density at radius 2 is 1.70 bits per heavy atom. The van der Waals surface area contributed by atoms with Gasteiger partial charge in [-0.1, -0.05) is 46.8 Å². The van der Waals surface area contributed by atoms with Gasteiger partial charge in [-0.15, -0.1) is 11.3 Å². The number of thiophene rings is 1. The summed E-state index contributed by atoms with van der Waals surface area (Å²) < 4.78 is 0.518. The molecule has 0 aliphatic carbocycles. The Morgan fingerprint density at radius 3 is 2.30 bits per heavy atom. The van der Waals surface area contributed by atoms with Crippen molar-refractivity contribution in [2.75, 3.05) is 6.54 Å². The first-order valence-corrected chi connectivity index (χ1v) is 10.8. The van der Waals surface area contributed by atoms with Crippen molar-refractivity contribution in [1.29, 1.82) is 0 Å². The summed E-state index contributed by atoms with van der Waals surface area (Å²) in [6.07, 6.45) is 1.64. The summed E-state index contributed by atoms with van der Waals surface area (Å²) in [6.45, 7) is 10.7. The molecule has 7 nitrogen and oxygen atoms in total. The van der Waals surface area contributed by atoms with E-state index in [1.165, 1.54) is 17.4 Å². The number of hydrogen-bond acceptors (Lipinski definition) is 6. The van der Waals surface area contributed by atoms with E-state index in [-0.39, 0.29) is 11.1 Å². The number of hydrogen-bond donors (Lipinski definition) is 3. The molecule has 4 aromatic rings. The molecule has 0 spiro atoms. The van der Waals surface area contributed by atoms with Crippen LogP contribution in [-0.4, -0.2) is 26.5 Å². The molecule has 0 atom stereocenters. The van der Waals surface area contributed by atoms with Gasteiger partial charge in [-0.25, -0.2) is 4.98 Å². The molecule has 8 heteroatoms. The standard InChI is InChI=1S/C16H10N4O2S.C2H7N.2C2H6/c21-12-6-3-5-10(18-12)9-8-23-14-13(9)19-15(20-16(14)22)11-4-1-2-7-17-11;1-2-3;2*1-2/h1-8H,(H,18,21)(H,19,20,22);2-3H2,1H3;2*1-2H3. The fourth-order valence-corrected chi connectivity index (χ4v) is 3.25. The van der Waals surface area contributed by atoms with E-state index in [2.05, 4.69) is 19.9 Å². The van der Waals surface area contributed by atoms with E-state index in [4.69, 9.17) is 5.73 Å². The molecule has 0 saturated carbocycles. The van der Waals surface area contributed by atoms with E-state index in [0.717, 1.165) is 12.1 Å². The van der Waals surface area contributed by atoms with Crippen LogP contribution in [-0.2, 0) is 0 Å². The number of pyridine rings is 2. The monoisotopic (exact) mass is 427 g/mol. The van der Waals surface area contributed by atoms with E-state index < -0.39 is 0 Å². The highest BCUT2D eigenvalue weighted by Crippen LogP contribution is 2.29. The maximum atomic E-state index is 12.3. The zero-order valence-corrected chi connectivity index (χ0v) is 18.8. The molecule has 4 aromatic heterocycles. The molecule has 0 fully saturated rings. The number of aromatic amines is 2. The quantitative estimate of drug-likeness (QED) is 0.438. The molecule has 0 saturated heterocycles. The van der Waals surface area contributed by atoms with Crippen LogP contribution in [0.1, 0.15) is 34.6 Å². The molecule has 160 valence electrons. The van der Waals surface area contributed by atoms with Crippen molar-refractivity contribution in [3.05, 3.63) is 68.7 Å². The second-order valence-corrected chi connectivity index (χ2v) is 6.17. The second kappa shape index (κ2) is 13.2. The molecule has 0 unspecified atom stereocenters. The van der Waals surface area contributed by atoms with Crippen LogP contribution in [0, 0.1) is 0 Å². The highest BCUT2D eigenvalue weighted by atomic mass is 32.1. The molecule has 0 aromatic carbocycles. The number of H-pyrrole nitrogens is 2. The maximum Gasteiger partial charge on any atom is 0.269 e. The average molecular weight is 428 g/mol. The topological polar surface area (TPSA) is 118 Å². The van der Waals surface area contributed by atoms with Gasteiger partial charge in [0, 0.05) is 23.2 Å². The molecule has 4 heterocycles. The minimum absolute atomic E-state index is 0.198. The summed E-state index contributed by atoms with van der Waals surface area (Å²) in [5, 5.41) is 1.82. The molecule has 4 N–H and O–H groups in total. The number of rotatable bonds is 2. The van der Waals surface area contributed by atoms with Gasteiger partial charge in [-0.05, 0) is 24.7 Å². The van der Waals surface area contributed by atoms with Crippen molar-refractivity contribution in [2.45, 2.75) is 34.6 Å². The highest BCUT2D eigenvalue weighted by Gasteiger charge is 2.14. The predicted octanol–water partition coefficient (Wildman–Crippen LogP) is 4.42. The minimum atomic E-state index is -0.217. The Morgan fingerprint density at radius 1 is 1.00 bits per heavy atom. The van der Waals surface area contributed by atoms with Crippen LogP contribution in [0.3, 0.4) is 0 Å². The first-order valence-electron chi connectivity index (χ1n) is 9.96. The molecule has 0 aliphatic heterocycles. The molecular formula is C22H29N5O2S. The Bertz CT molecular complexity index is 1130. The van der Waals surface area contributed by atoms with Crippen LogP contribution in [0.15, 0.2) is 57.6 Å². The number of nitrogens with zero attached hydrogens (tertiary/aromatic N) is 2. The van der Waals surface area contributed by atoms with Crippen molar-refractivity contribution >= 4 is 21.6 Å². The van der Waals surface area contributed by atoms with E-state index in [1.54, 1.807) is 30.5 Å². The number of aromatic nitrogens is 4. The van der Waals surface area contributed by atoms with Crippen molar-refractivity contribution in [1.82, 2.24) is 19.9 Å². The van der Waals surface area contributed by atoms with E-state index in [9.17, 15) is 9.59 Å². The first-order chi connectivity index (χ1) is 14.6. The second-order valence-electron chi connectivity index (χ2n) is 5.29. The number of fused-ring (bicyclic) bond motifs is 1. The third kappa shape index (κ3) is 6.20. The Kier molecular flexibility index (Phi) is 11.0. The van der Waals surface area contributed by atoms with Gasteiger partial charge in [0.25, 0.3) is 5.56 Å². The lowest BCUT2D eigenvalue weighted by atomic mass is 10.2. The lowest BCUT2D eigenvalue weighted by molar-refractivity contribution is 1.14. The van der Waals surface area contributed by atoms with Gasteiger partial charge in [0.15, 0.2) is 5.82 Å². The van der Waals surface area contributed by atoms with E-state index in [1.807, 2.05) is 46.1 Å². The lowest BCUT2D eigenvalue weighted by Crippen LogP contribution is -2.09. The van der Waals surface area contributed by atoms with Gasteiger partial charge in [0.1, 0.15) is 10.4 Å². The molecule has 0 aliphatic rings. The summed E-state index contributed by atoms with van der Waals surface area (Å²) in [5.41, 5.74) is 6.94. The van der Waals surface area contributed by atoms with Gasteiger partial charge in [-0.2, -0.15) is 0 Å². The third-order valence-corrected chi connectivity index (χ3v) is 4.36. The molecule has 0 bridgehead atoms. The SMILES string of the molecule is CC.CC.CCN.O=c1cccc(-c2csc3c(=O)[nH]c(-c4ccccn4)nc23)[nH]1. The maximum absolute atomic E-state index is 12.3. The van der Waals surface area contributed by atoms with Crippen LogP contribution in [0.5, 0.6) is 0 Å². The van der Waals surface area contributed by atoms with Crippen molar-refractivity contribution in [3.8, 4) is 22.8 Å². The zero-order valence-electron chi connectivity index (χ0n) is 18.0. The lowest BCUT2D eigenvalue weighted by Gasteiger charge is -2.02. The smallest absolute Gasteiger partial charge is 0.269 e. The predicted molar refractivity (Wildman–Crippen MR) is 127 cm³/mol. The molecule has 30 heavy (non-hydrogen) atoms. The summed E-state index contributed by atoms with van der Waals surface area (Å²) in [5.74, 6) is 0.404. The van der Waals surface area contributed by atoms with Gasteiger partial charge in [0.2, 0.25) is 5.56 Å². The van der Waals surface area contributed by atoms with Crippen LogP contribution in [0.4, 0.5) is 0 Å². The third-order valence-electron chi connectivity index (χ3n) is 3.39. The van der Waals surface area contributed by atoms with Crippen molar-refractivity contribution in [2.24, 2.45) is 5.73 Å². The van der Waals surface area contributed by atoms with Gasteiger partial charge in [-0.3, -0.25) is 14.6 Å². The Hall–Kier alpha value is -3.10. The van der Waals surface area contributed by atoms with Crippen LogP contribution in [0.25, 0.3) is 33.0 Å². The van der Waals surface area contributed by atoms with Gasteiger partial charge in [0.05, 0.1) is 11.2 Å². The molecule has 0 radical (unpaired) electrons. The summed E-state index contributed by atoms with van der Waals surface area (Å²) in [4.78, 5) is 38.1. The van der Waals surface area contributed by atoms with Crippen molar-refractivity contribution in [3.63, 3.8) is 0 Å². The summed E-state index contributed by atoms with van der Waals surface area (Å²) >= 11 is 1.30. The highest BCUT2D eigenvalue weighted by molar-refractivity contribution is 7.17. The fourth-order valence-electron chi connectivity index (χ4n) is 2.35. The van der Waals surface area contributed by atoms with Crippen LogP contribution in [0.2, 0.25) is 0 Å². The molecular weight excluding hydrogens is 398 g/mol. The number of nitrogens with one attached hydrogen (secondary N) is 2. The Balaban J connectivity index is 0.000000579. The summed E-state index contributed by atoms with van der Waals surface area (Å²) in [6, 6.07) is 10.3. The van der Waals surface area contributed by atoms with Crippen LogP contribution < -0.4 is 16.9 Å². The number of nitrogens with two attached hydrogens (primary N) is 1.